The molecule has 0 radical (unpaired) electrons. The molecule has 0 aromatic heterocycles. The Balaban J connectivity index is 1.83. The quantitative estimate of drug-likeness (QED) is 0.849. The molecule has 0 bridgehead atoms. The number of hydrogen-bond acceptors (Lipinski definition) is 2. The Kier molecular flexibility index (Phi) is 3.96. The van der Waals surface area contributed by atoms with E-state index in [0.717, 1.165) is 30.3 Å². The van der Waals surface area contributed by atoms with Gasteiger partial charge in [0.1, 0.15) is 5.82 Å². The predicted molar refractivity (Wildman–Crippen MR) is 86.1 cm³/mol. The van der Waals surface area contributed by atoms with Crippen molar-refractivity contribution in [3.63, 3.8) is 0 Å². The number of para-hydroxylation sites is 1. The standard InChI is InChI=1S/C18H27FN2/c1-18(2,3)20-11-14-5-4-6-16(19)17(14)21(15-9-10-15)12-13-7-8-13/h4-6,13,15,20H,7-12H2,1-3H3. The Morgan fingerprint density at radius 1 is 1.19 bits per heavy atom. The normalized spacial score (nSPS) is 18.9. The first-order chi connectivity index (χ1) is 9.94. The van der Waals surface area contributed by atoms with Crippen LogP contribution in [-0.2, 0) is 6.54 Å². The van der Waals surface area contributed by atoms with Crippen LogP contribution in [0, 0.1) is 11.7 Å². The van der Waals surface area contributed by atoms with Crippen LogP contribution in [0.3, 0.4) is 0 Å². The molecule has 3 rings (SSSR count). The number of hydrogen-bond donors (Lipinski definition) is 1. The van der Waals surface area contributed by atoms with Gasteiger partial charge in [0.15, 0.2) is 0 Å². The minimum absolute atomic E-state index is 0.0461. The summed E-state index contributed by atoms with van der Waals surface area (Å²) in [6.07, 6.45) is 5.06. The maximum absolute atomic E-state index is 14.5. The predicted octanol–water partition coefficient (Wildman–Crippen LogP) is 4.09. The van der Waals surface area contributed by atoms with Gasteiger partial charge >= 0.3 is 0 Å². The molecule has 0 heterocycles. The fourth-order valence-electron chi connectivity index (χ4n) is 2.77. The highest BCUT2D eigenvalue weighted by Crippen LogP contribution is 2.40. The van der Waals surface area contributed by atoms with E-state index in [1.165, 1.54) is 25.7 Å². The SMILES string of the molecule is CC(C)(C)NCc1cccc(F)c1N(CC1CC1)C1CC1. The third-order valence-corrected chi connectivity index (χ3v) is 4.31. The topological polar surface area (TPSA) is 15.3 Å². The van der Waals surface area contributed by atoms with Gasteiger partial charge in [0.2, 0.25) is 0 Å². The zero-order valence-corrected chi connectivity index (χ0v) is 13.5. The molecule has 1 aromatic rings. The molecule has 1 N–H and O–H groups in total. The van der Waals surface area contributed by atoms with Crippen LogP contribution in [0.15, 0.2) is 18.2 Å². The monoisotopic (exact) mass is 290 g/mol. The van der Waals surface area contributed by atoms with Crippen molar-refractivity contribution in [3.05, 3.63) is 29.6 Å². The highest BCUT2D eigenvalue weighted by Gasteiger charge is 2.35. The van der Waals surface area contributed by atoms with Crippen molar-refractivity contribution in [2.24, 2.45) is 5.92 Å². The fourth-order valence-corrected chi connectivity index (χ4v) is 2.77. The summed E-state index contributed by atoms with van der Waals surface area (Å²) in [5.74, 6) is 0.726. The Bertz CT molecular complexity index is 498. The summed E-state index contributed by atoms with van der Waals surface area (Å²) < 4.78 is 14.5. The van der Waals surface area contributed by atoms with Crippen LogP contribution in [0.4, 0.5) is 10.1 Å². The summed E-state index contributed by atoms with van der Waals surface area (Å²) in [5.41, 5.74) is 1.99. The van der Waals surface area contributed by atoms with Gasteiger partial charge < -0.3 is 10.2 Å². The number of halogens is 1. The molecule has 2 nitrogen and oxygen atoms in total. The molecule has 116 valence electrons. The maximum atomic E-state index is 14.5. The minimum atomic E-state index is -0.0595. The zero-order valence-electron chi connectivity index (χ0n) is 13.5. The van der Waals surface area contributed by atoms with Crippen molar-refractivity contribution >= 4 is 5.69 Å². The number of benzene rings is 1. The molecule has 3 heteroatoms. The summed E-state index contributed by atoms with van der Waals surface area (Å²) in [4.78, 5) is 2.35. The van der Waals surface area contributed by atoms with Gasteiger partial charge in [-0.2, -0.15) is 0 Å². The van der Waals surface area contributed by atoms with E-state index in [-0.39, 0.29) is 11.4 Å². The van der Waals surface area contributed by atoms with Crippen LogP contribution < -0.4 is 10.2 Å². The second-order valence-electron chi connectivity index (χ2n) is 7.68. The Hall–Kier alpha value is -1.09. The molecule has 0 amide bonds. The lowest BCUT2D eigenvalue weighted by atomic mass is 10.1. The lowest BCUT2D eigenvalue weighted by molar-refractivity contribution is 0.423. The first-order valence-electron chi connectivity index (χ1n) is 8.23. The van der Waals surface area contributed by atoms with E-state index in [1.54, 1.807) is 6.07 Å². The zero-order chi connectivity index (χ0) is 15.0. The molecule has 2 fully saturated rings. The van der Waals surface area contributed by atoms with Crippen molar-refractivity contribution in [2.45, 2.75) is 64.6 Å². The van der Waals surface area contributed by atoms with Gasteiger partial charge in [-0.3, -0.25) is 0 Å². The molecule has 0 atom stereocenters. The molecule has 0 spiro atoms. The largest absolute Gasteiger partial charge is 0.366 e. The van der Waals surface area contributed by atoms with Crippen molar-refractivity contribution in [1.82, 2.24) is 5.32 Å². The summed E-state index contributed by atoms with van der Waals surface area (Å²) in [6, 6.07) is 6.08. The third kappa shape index (κ3) is 3.97. The number of nitrogens with one attached hydrogen (secondary N) is 1. The molecule has 2 aliphatic rings. The van der Waals surface area contributed by atoms with Gasteiger partial charge in [-0.25, -0.2) is 4.39 Å². The van der Waals surface area contributed by atoms with E-state index >= 15 is 0 Å². The molecule has 0 aliphatic heterocycles. The highest BCUT2D eigenvalue weighted by atomic mass is 19.1. The first kappa shape index (κ1) is 14.8. The lowest BCUT2D eigenvalue weighted by Gasteiger charge is -2.29. The summed E-state index contributed by atoms with van der Waals surface area (Å²) >= 11 is 0. The van der Waals surface area contributed by atoms with Gasteiger partial charge in [-0.1, -0.05) is 12.1 Å². The van der Waals surface area contributed by atoms with Crippen molar-refractivity contribution in [3.8, 4) is 0 Å². The van der Waals surface area contributed by atoms with Crippen molar-refractivity contribution in [2.75, 3.05) is 11.4 Å². The average molecular weight is 290 g/mol. The maximum Gasteiger partial charge on any atom is 0.146 e. The van der Waals surface area contributed by atoms with E-state index in [4.69, 9.17) is 0 Å². The summed E-state index contributed by atoms with van der Waals surface area (Å²) in [5, 5.41) is 3.50. The molecular formula is C18H27FN2. The smallest absolute Gasteiger partial charge is 0.146 e. The van der Waals surface area contributed by atoms with Gasteiger partial charge in [-0.05, 0) is 64.0 Å². The molecule has 2 saturated carbocycles. The molecule has 21 heavy (non-hydrogen) atoms. The summed E-state index contributed by atoms with van der Waals surface area (Å²) in [6.45, 7) is 8.21. The van der Waals surface area contributed by atoms with E-state index in [1.807, 2.05) is 6.07 Å². The fraction of sp³-hybridized carbons (Fsp3) is 0.667. The first-order valence-corrected chi connectivity index (χ1v) is 8.23. The van der Waals surface area contributed by atoms with Gasteiger partial charge in [0.25, 0.3) is 0 Å². The van der Waals surface area contributed by atoms with E-state index in [2.05, 4.69) is 37.1 Å². The summed E-state index contributed by atoms with van der Waals surface area (Å²) in [7, 11) is 0. The Labute approximate surface area is 127 Å². The van der Waals surface area contributed by atoms with Gasteiger partial charge in [0.05, 0.1) is 5.69 Å². The molecule has 0 saturated heterocycles. The second kappa shape index (κ2) is 5.60. The Morgan fingerprint density at radius 2 is 1.90 bits per heavy atom. The average Bonchev–Trinajstić information content (AvgIpc) is 3.24. The Morgan fingerprint density at radius 3 is 2.48 bits per heavy atom. The lowest BCUT2D eigenvalue weighted by Crippen LogP contribution is -2.36. The molecule has 2 aliphatic carbocycles. The molecular weight excluding hydrogens is 263 g/mol. The van der Waals surface area contributed by atoms with Crippen LogP contribution in [0.25, 0.3) is 0 Å². The third-order valence-electron chi connectivity index (χ3n) is 4.31. The van der Waals surface area contributed by atoms with Crippen LogP contribution in [0.5, 0.6) is 0 Å². The van der Waals surface area contributed by atoms with Crippen LogP contribution in [-0.4, -0.2) is 18.1 Å². The van der Waals surface area contributed by atoms with E-state index < -0.39 is 0 Å². The molecule has 1 aromatic carbocycles. The highest BCUT2D eigenvalue weighted by molar-refractivity contribution is 5.57. The minimum Gasteiger partial charge on any atom is -0.366 e. The van der Waals surface area contributed by atoms with E-state index in [9.17, 15) is 4.39 Å². The van der Waals surface area contributed by atoms with Crippen LogP contribution in [0.1, 0.15) is 52.0 Å². The van der Waals surface area contributed by atoms with E-state index in [0.29, 0.717) is 6.04 Å². The second-order valence-corrected chi connectivity index (χ2v) is 7.68. The number of rotatable bonds is 6. The van der Waals surface area contributed by atoms with Crippen molar-refractivity contribution < 1.29 is 4.39 Å². The van der Waals surface area contributed by atoms with Gasteiger partial charge in [-0.15, -0.1) is 0 Å². The van der Waals surface area contributed by atoms with Crippen molar-refractivity contribution in [1.29, 1.82) is 0 Å². The van der Waals surface area contributed by atoms with Crippen LogP contribution in [0.2, 0.25) is 0 Å². The van der Waals surface area contributed by atoms with Gasteiger partial charge in [0, 0.05) is 24.7 Å². The number of anilines is 1. The number of nitrogens with zero attached hydrogens (tertiary/aromatic N) is 1. The van der Waals surface area contributed by atoms with Crippen LogP contribution >= 0.6 is 0 Å². The molecule has 0 unspecified atom stereocenters.